The van der Waals surface area contributed by atoms with Gasteiger partial charge in [0.05, 0.1) is 6.54 Å². The fourth-order valence-electron chi connectivity index (χ4n) is 4.77. The predicted molar refractivity (Wildman–Crippen MR) is 131 cm³/mol. The molecular weight excluding hydrogens is 461 g/mol. The quantitative estimate of drug-likeness (QED) is 0.459. The molecule has 3 aromatic carbocycles. The number of hydrogen-bond donors (Lipinski definition) is 1. The van der Waals surface area contributed by atoms with Gasteiger partial charge in [-0.05, 0) is 54.7 Å². The van der Waals surface area contributed by atoms with Gasteiger partial charge in [-0.3, -0.25) is 9.59 Å². The van der Waals surface area contributed by atoms with Gasteiger partial charge in [0.25, 0.3) is 0 Å². The first-order valence-electron chi connectivity index (χ1n) is 12.3. The molecule has 0 bridgehead atoms. The summed E-state index contributed by atoms with van der Waals surface area (Å²) in [6.07, 6.45) is 2.88. The minimum atomic E-state index is -0.346. The van der Waals surface area contributed by atoms with Crippen molar-refractivity contribution in [3.8, 4) is 28.4 Å². The Morgan fingerprint density at radius 1 is 0.972 bits per heavy atom. The first kappa shape index (κ1) is 22.6. The highest BCUT2D eigenvalue weighted by Gasteiger charge is 2.31. The van der Waals surface area contributed by atoms with Gasteiger partial charge in [-0.1, -0.05) is 30.3 Å². The molecule has 6 nitrogen and oxygen atoms in total. The normalized spacial score (nSPS) is 17.4. The van der Waals surface area contributed by atoms with Crippen LogP contribution in [0.25, 0.3) is 11.1 Å². The Kier molecular flexibility index (Phi) is 5.83. The van der Waals surface area contributed by atoms with Crippen LogP contribution in [-0.4, -0.2) is 31.1 Å². The van der Waals surface area contributed by atoms with Gasteiger partial charge < -0.3 is 19.5 Å². The number of aryl methyl sites for hydroxylation is 1. The number of halogens is 1. The maximum Gasteiger partial charge on any atom is 0.231 e. The Balaban J connectivity index is 1.07. The second-order valence-electron chi connectivity index (χ2n) is 9.55. The van der Waals surface area contributed by atoms with Crippen LogP contribution in [-0.2, 0) is 17.6 Å². The summed E-state index contributed by atoms with van der Waals surface area (Å²) in [6.45, 7) is 0.513. The molecular formula is C29H26FNO5. The number of ether oxygens (including phenoxy) is 3. The molecule has 0 unspecified atom stereocenters. The monoisotopic (exact) mass is 487 g/mol. The van der Waals surface area contributed by atoms with Gasteiger partial charge in [-0.25, -0.2) is 4.39 Å². The third-order valence-corrected chi connectivity index (χ3v) is 6.95. The molecule has 3 aliphatic rings. The fraction of sp³-hybridized carbons (Fsp3) is 0.310. The van der Waals surface area contributed by atoms with Crippen molar-refractivity contribution in [2.75, 3.05) is 13.3 Å². The van der Waals surface area contributed by atoms with E-state index in [1.807, 2.05) is 42.5 Å². The maximum atomic E-state index is 14.6. The first-order chi connectivity index (χ1) is 17.5. The number of Topliss-reactive ketones (excluding diaryl/α,β-unsaturated/α-hetero) is 1. The number of hydrogen-bond acceptors (Lipinski definition) is 5. The number of carbonyl (C=O) groups excluding carboxylic acids is 2. The van der Waals surface area contributed by atoms with Crippen molar-refractivity contribution in [2.24, 2.45) is 5.92 Å². The summed E-state index contributed by atoms with van der Waals surface area (Å²) in [5, 5.41) is 2.92. The summed E-state index contributed by atoms with van der Waals surface area (Å²) in [6, 6.07) is 16.3. The van der Waals surface area contributed by atoms with Crippen molar-refractivity contribution in [1.82, 2.24) is 5.32 Å². The van der Waals surface area contributed by atoms with Crippen molar-refractivity contribution in [3.05, 3.63) is 77.1 Å². The molecule has 1 N–H and O–H groups in total. The zero-order valence-corrected chi connectivity index (χ0v) is 19.7. The third-order valence-electron chi connectivity index (χ3n) is 6.95. The Morgan fingerprint density at radius 3 is 2.58 bits per heavy atom. The van der Waals surface area contributed by atoms with E-state index < -0.39 is 0 Å². The van der Waals surface area contributed by atoms with Crippen LogP contribution < -0.4 is 19.5 Å². The number of amides is 1. The van der Waals surface area contributed by atoms with Crippen LogP contribution in [0.3, 0.4) is 0 Å². The van der Waals surface area contributed by atoms with Crippen LogP contribution in [0.1, 0.15) is 40.7 Å². The Morgan fingerprint density at radius 2 is 1.78 bits per heavy atom. The van der Waals surface area contributed by atoms with Crippen molar-refractivity contribution in [2.45, 2.75) is 38.2 Å². The van der Waals surface area contributed by atoms with E-state index in [-0.39, 0.29) is 36.3 Å². The van der Waals surface area contributed by atoms with Gasteiger partial charge in [0.2, 0.25) is 12.7 Å². The lowest BCUT2D eigenvalue weighted by atomic mass is 9.98. The molecule has 6 rings (SSSR count). The lowest BCUT2D eigenvalue weighted by Crippen LogP contribution is -2.34. The van der Waals surface area contributed by atoms with E-state index in [4.69, 9.17) is 14.2 Å². The highest BCUT2D eigenvalue weighted by Crippen LogP contribution is 2.41. The number of fused-ring (bicyclic) bond motifs is 2. The number of benzene rings is 3. The molecule has 0 radical (unpaired) electrons. The summed E-state index contributed by atoms with van der Waals surface area (Å²) in [4.78, 5) is 24.8. The molecule has 1 fully saturated rings. The summed E-state index contributed by atoms with van der Waals surface area (Å²) in [7, 11) is 0. The molecule has 184 valence electrons. The smallest absolute Gasteiger partial charge is 0.231 e. The van der Waals surface area contributed by atoms with Crippen LogP contribution in [0.15, 0.2) is 54.6 Å². The number of ketones is 1. The SMILES string of the molecule is O=C(CCc1ccc2c(c1)OCO2)NC[C@@H]1Cc2c(F)ccc(-c3ccc(C(=O)C4CC4)cc3)c2O1. The molecule has 3 aromatic rings. The molecule has 1 saturated carbocycles. The highest BCUT2D eigenvalue weighted by atomic mass is 19.1. The average Bonchev–Trinajstić information content (AvgIpc) is 3.48. The van der Waals surface area contributed by atoms with E-state index in [2.05, 4.69) is 5.32 Å². The van der Waals surface area contributed by atoms with Crippen LogP contribution in [0.5, 0.6) is 17.2 Å². The van der Waals surface area contributed by atoms with Crippen molar-refractivity contribution in [3.63, 3.8) is 0 Å². The number of rotatable bonds is 8. The highest BCUT2D eigenvalue weighted by molar-refractivity contribution is 5.99. The van der Waals surface area contributed by atoms with Gasteiger partial charge in [-0.2, -0.15) is 0 Å². The topological polar surface area (TPSA) is 73.9 Å². The third kappa shape index (κ3) is 4.53. The molecule has 36 heavy (non-hydrogen) atoms. The summed E-state index contributed by atoms with van der Waals surface area (Å²) in [5.41, 5.74) is 3.88. The molecule has 0 aromatic heterocycles. The van der Waals surface area contributed by atoms with Crippen molar-refractivity contribution < 1.29 is 28.2 Å². The summed E-state index contributed by atoms with van der Waals surface area (Å²) >= 11 is 0. The van der Waals surface area contributed by atoms with Gasteiger partial charge in [0.1, 0.15) is 17.7 Å². The standard InChI is InChI=1S/C29H26FNO5/c30-24-10-9-22(18-3-5-19(6-4-18)28(33)20-7-8-20)29-23(24)14-21(36-29)15-31-27(32)12-2-17-1-11-25-26(13-17)35-16-34-25/h1,3-6,9-11,13,20-21H,2,7-8,12,14-16H2,(H,31,32)/t21-/m0/s1. The molecule has 1 amide bonds. The maximum absolute atomic E-state index is 14.6. The first-order valence-corrected chi connectivity index (χ1v) is 12.3. The molecule has 1 aliphatic carbocycles. The van der Waals surface area contributed by atoms with Gasteiger partial charge >= 0.3 is 0 Å². The zero-order chi connectivity index (χ0) is 24.6. The van der Waals surface area contributed by atoms with Crippen molar-refractivity contribution >= 4 is 11.7 Å². The van der Waals surface area contributed by atoms with Crippen LogP contribution in [0.4, 0.5) is 4.39 Å². The zero-order valence-electron chi connectivity index (χ0n) is 19.7. The van der Waals surface area contributed by atoms with E-state index in [0.29, 0.717) is 48.4 Å². The molecule has 2 aliphatic heterocycles. The Hall–Kier alpha value is -3.87. The predicted octanol–water partition coefficient (Wildman–Crippen LogP) is 4.87. The second-order valence-corrected chi connectivity index (χ2v) is 9.55. The minimum absolute atomic E-state index is 0.0937. The van der Waals surface area contributed by atoms with Gasteiger partial charge in [-0.15, -0.1) is 0 Å². The molecule has 7 heteroatoms. The molecule has 0 spiro atoms. The van der Waals surface area contributed by atoms with E-state index in [9.17, 15) is 14.0 Å². The Labute approximate surface area is 208 Å². The van der Waals surface area contributed by atoms with Crippen LogP contribution >= 0.6 is 0 Å². The molecule has 2 heterocycles. The van der Waals surface area contributed by atoms with Crippen LogP contribution in [0, 0.1) is 11.7 Å². The van der Waals surface area contributed by atoms with Crippen LogP contribution in [0.2, 0.25) is 0 Å². The number of nitrogens with one attached hydrogen (secondary N) is 1. The van der Waals surface area contributed by atoms with Gasteiger partial charge in [0.15, 0.2) is 17.3 Å². The van der Waals surface area contributed by atoms with E-state index >= 15 is 0 Å². The van der Waals surface area contributed by atoms with Gasteiger partial charge in [0, 0.05) is 35.4 Å². The second kappa shape index (κ2) is 9.30. The summed E-state index contributed by atoms with van der Waals surface area (Å²) < 4.78 is 31.4. The van der Waals surface area contributed by atoms with E-state index in [1.165, 1.54) is 6.07 Å². The number of carbonyl (C=O) groups is 2. The van der Waals surface area contributed by atoms with Crippen molar-refractivity contribution in [1.29, 1.82) is 0 Å². The molecule has 1 atom stereocenters. The fourth-order valence-corrected chi connectivity index (χ4v) is 4.77. The largest absolute Gasteiger partial charge is 0.487 e. The van der Waals surface area contributed by atoms with E-state index in [0.717, 1.165) is 35.3 Å². The minimum Gasteiger partial charge on any atom is -0.487 e. The van der Waals surface area contributed by atoms with E-state index in [1.54, 1.807) is 6.07 Å². The average molecular weight is 488 g/mol. The Bertz CT molecular complexity index is 1330. The lowest BCUT2D eigenvalue weighted by molar-refractivity contribution is -0.121. The summed E-state index contributed by atoms with van der Waals surface area (Å²) in [5.74, 6) is 1.88. The molecule has 0 saturated heterocycles. The lowest BCUT2D eigenvalue weighted by Gasteiger charge is -2.14.